The molecule has 0 heterocycles. The van der Waals surface area contributed by atoms with Crippen molar-refractivity contribution >= 4 is 5.43 Å². The van der Waals surface area contributed by atoms with E-state index in [0.717, 1.165) is 7.25 Å². The summed E-state index contributed by atoms with van der Waals surface area (Å²) in [6.45, 7) is 14.8. The van der Waals surface area contributed by atoms with E-state index in [1.54, 1.807) is 33.4 Å². The van der Waals surface area contributed by atoms with E-state index in [2.05, 4.69) is 102 Å². The molecule has 0 aliphatic heterocycles. The first-order chi connectivity index (χ1) is 13.4. The molecule has 4 unspecified atom stereocenters. The SMILES string of the molecule is CC1=CC2=C(C=CC=CC2C)[CH]1[Zr]([CH]1C(C)=CC2=C1C=CC=CC2C)=[Si](C)C. The second-order valence-corrected chi connectivity index (χ2v) is 26.9. The van der Waals surface area contributed by atoms with Crippen LogP contribution in [0.25, 0.3) is 0 Å². The fourth-order valence-electron chi connectivity index (χ4n) is 5.38. The van der Waals surface area contributed by atoms with Crippen LogP contribution in [0.1, 0.15) is 27.7 Å². The molecular formula is C26H32SiZr. The van der Waals surface area contributed by atoms with Crippen LogP contribution in [0.2, 0.25) is 20.3 Å². The van der Waals surface area contributed by atoms with E-state index in [4.69, 9.17) is 0 Å². The molecule has 144 valence electrons. The predicted molar refractivity (Wildman–Crippen MR) is 121 cm³/mol. The van der Waals surface area contributed by atoms with Crippen LogP contribution in [-0.2, 0) is 20.4 Å². The Bertz CT molecular complexity index is 909. The molecule has 0 N–H and O–H groups in total. The molecule has 0 nitrogen and oxygen atoms in total. The molecule has 0 saturated carbocycles. The first-order valence-electron chi connectivity index (χ1n) is 10.6. The summed E-state index contributed by atoms with van der Waals surface area (Å²) in [5.74, 6) is 1.08. The Kier molecular flexibility index (Phi) is 5.83. The van der Waals surface area contributed by atoms with Crippen LogP contribution >= 0.6 is 0 Å². The molecule has 0 aromatic heterocycles. The molecule has 4 aliphatic carbocycles. The van der Waals surface area contributed by atoms with Gasteiger partial charge in [-0.05, 0) is 0 Å². The standard InChI is InChI=1S/2C12H13.C2H6Si.Zr/c2*1-9-7-11-6-4-3-5-10(2)12(11)8-9;1-3-2;/h2*3-8,10H,1-2H3;1-2H3;. The Morgan fingerprint density at radius 2 is 1.11 bits per heavy atom. The zero-order valence-electron chi connectivity index (χ0n) is 18.1. The van der Waals surface area contributed by atoms with Crippen LogP contribution in [-0.4, -0.2) is 5.43 Å². The molecule has 2 heteroatoms. The minimum atomic E-state index is -1.87. The monoisotopic (exact) mass is 462 g/mol. The summed E-state index contributed by atoms with van der Waals surface area (Å²) in [7, 11) is 0. The third kappa shape index (κ3) is 3.41. The van der Waals surface area contributed by atoms with Gasteiger partial charge in [-0.1, -0.05) is 0 Å². The van der Waals surface area contributed by atoms with E-state index >= 15 is 0 Å². The average molecular weight is 464 g/mol. The maximum absolute atomic E-state index is 2.61. The van der Waals surface area contributed by atoms with Crippen LogP contribution in [0, 0.1) is 11.8 Å². The molecule has 0 spiro atoms. The molecule has 0 bridgehead atoms. The van der Waals surface area contributed by atoms with Gasteiger partial charge < -0.3 is 0 Å². The van der Waals surface area contributed by atoms with Crippen molar-refractivity contribution in [3.8, 4) is 0 Å². The predicted octanol–water partition coefficient (Wildman–Crippen LogP) is 7.47. The molecular weight excluding hydrogens is 432 g/mol. The van der Waals surface area contributed by atoms with Crippen molar-refractivity contribution in [2.45, 2.75) is 48.0 Å². The van der Waals surface area contributed by atoms with Crippen LogP contribution in [0.4, 0.5) is 0 Å². The summed E-state index contributed by atoms with van der Waals surface area (Å²) in [5.41, 5.74) is 9.51. The topological polar surface area (TPSA) is 0 Å². The van der Waals surface area contributed by atoms with Gasteiger partial charge in [0.15, 0.2) is 0 Å². The summed E-state index contributed by atoms with van der Waals surface area (Å²) in [6.07, 6.45) is 23.8. The van der Waals surface area contributed by atoms with Gasteiger partial charge in [0.05, 0.1) is 0 Å². The molecule has 0 saturated heterocycles. The van der Waals surface area contributed by atoms with Gasteiger partial charge in [-0.15, -0.1) is 0 Å². The van der Waals surface area contributed by atoms with Crippen molar-refractivity contribution in [1.29, 1.82) is 0 Å². The Labute approximate surface area is 179 Å². The molecule has 28 heavy (non-hydrogen) atoms. The van der Waals surface area contributed by atoms with Crippen LogP contribution in [0.3, 0.4) is 0 Å². The van der Waals surface area contributed by atoms with Gasteiger partial charge >= 0.3 is 180 Å². The average Bonchev–Trinajstić information content (AvgIpc) is 2.99. The molecule has 0 aromatic rings. The van der Waals surface area contributed by atoms with Gasteiger partial charge in [0.1, 0.15) is 0 Å². The van der Waals surface area contributed by atoms with Crippen LogP contribution < -0.4 is 0 Å². The number of rotatable bonds is 2. The van der Waals surface area contributed by atoms with Crippen molar-refractivity contribution in [2.75, 3.05) is 0 Å². The van der Waals surface area contributed by atoms with E-state index in [0.29, 0.717) is 11.8 Å². The van der Waals surface area contributed by atoms with E-state index in [1.807, 2.05) is 0 Å². The second-order valence-electron chi connectivity index (χ2n) is 8.98. The number of hydrogen-bond donors (Lipinski definition) is 0. The van der Waals surface area contributed by atoms with Crippen molar-refractivity contribution in [1.82, 2.24) is 0 Å². The van der Waals surface area contributed by atoms with Gasteiger partial charge in [-0.2, -0.15) is 0 Å². The maximum atomic E-state index is 2.61. The molecule has 4 atom stereocenters. The normalized spacial score (nSPS) is 30.8. The molecule has 0 amide bonds. The summed E-state index contributed by atoms with van der Waals surface area (Å²) in [6, 6.07) is 0. The molecule has 0 radical (unpaired) electrons. The quantitative estimate of drug-likeness (QED) is 0.373. The third-order valence-electron chi connectivity index (χ3n) is 6.72. The summed E-state index contributed by atoms with van der Waals surface area (Å²) < 4.78 is 1.50. The minimum absolute atomic E-state index is 0.323. The van der Waals surface area contributed by atoms with Gasteiger partial charge in [-0.25, -0.2) is 0 Å². The zero-order valence-corrected chi connectivity index (χ0v) is 21.5. The Balaban J connectivity index is 1.85. The van der Waals surface area contributed by atoms with Gasteiger partial charge in [0.25, 0.3) is 0 Å². The number of allylic oxidation sites excluding steroid dienone is 16. The van der Waals surface area contributed by atoms with Gasteiger partial charge in [0, 0.05) is 0 Å². The Morgan fingerprint density at radius 1 is 0.679 bits per heavy atom. The van der Waals surface area contributed by atoms with Gasteiger partial charge in [-0.3, -0.25) is 0 Å². The summed E-state index contributed by atoms with van der Waals surface area (Å²) in [5, 5.41) is 0. The van der Waals surface area contributed by atoms with E-state index < -0.39 is 20.4 Å². The van der Waals surface area contributed by atoms with Crippen molar-refractivity contribution in [3.05, 3.63) is 94.2 Å². The first-order valence-corrected chi connectivity index (χ1v) is 19.6. The van der Waals surface area contributed by atoms with E-state index in [-0.39, 0.29) is 5.43 Å². The summed E-state index contributed by atoms with van der Waals surface area (Å²) >= 11 is -1.87. The van der Waals surface area contributed by atoms with Crippen LogP contribution in [0.5, 0.6) is 0 Å². The van der Waals surface area contributed by atoms with Crippen LogP contribution in [0.15, 0.2) is 94.2 Å². The van der Waals surface area contributed by atoms with Crippen molar-refractivity contribution in [3.63, 3.8) is 0 Å². The van der Waals surface area contributed by atoms with Gasteiger partial charge in [0.2, 0.25) is 0 Å². The Morgan fingerprint density at radius 3 is 1.50 bits per heavy atom. The molecule has 4 rings (SSSR count). The second kappa shape index (κ2) is 8.04. The summed E-state index contributed by atoms with van der Waals surface area (Å²) in [4.78, 5) is 0. The Hall–Kier alpha value is -0.980. The molecule has 4 aliphatic rings. The van der Waals surface area contributed by atoms with E-state index in [9.17, 15) is 0 Å². The number of hydrogen-bond acceptors (Lipinski definition) is 0. The van der Waals surface area contributed by atoms with E-state index in [1.165, 1.54) is 0 Å². The van der Waals surface area contributed by atoms with Crippen molar-refractivity contribution in [2.24, 2.45) is 11.8 Å². The molecule has 0 fully saturated rings. The molecule has 0 aromatic carbocycles. The third-order valence-corrected chi connectivity index (χ3v) is 26.6. The first kappa shape index (κ1) is 20.3. The fourth-order valence-corrected chi connectivity index (χ4v) is 26.2. The van der Waals surface area contributed by atoms with Crippen molar-refractivity contribution < 1.29 is 20.4 Å². The fraction of sp³-hybridized carbons (Fsp3) is 0.385. The zero-order chi connectivity index (χ0) is 20.0.